The molecular weight excluding hydrogens is 384 g/mol. The molecule has 152 valence electrons. The van der Waals surface area contributed by atoms with Gasteiger partial charge in [0.15, 0.2) is 0 Å². The van der Waals surface area contributed by atoms with Crippen molar-refractivity contribution in [2.75, 3.05) is 33.4 Å². The normalized spacial score (nSPS) is 16.2. The zero-order valence-corrected chi connectivity index (χ0v) is 16.7. The van der Waals surface area contributed by atoms with Crippen LogP contribution in [0.4, 0.5) is 0 Å². The Morgan fingerprint density at radius 1 is 1.25 bits per heavy atom. The maximum Gasteiger partial charge on any atom is 0.308 e. The Labute approximate surface area is 164 Å². The van der Waals surface area contributed by atoms with E-state index in [1.165, 1.54) is 23.5 Å². The lowest BCUT2D eigenvalue weighted by Crippen LogP contribution is -2.37. The Morgan fingerprint density at radius 2 is 1.93 bits per heavy atom. The first-order chi connectivity index (χ1) is 13.4. The average Bonchev–Trinajstić information content (AvgIpc) is 3.19. The van der Waals surface area contributed by atoms with Crippen LogP contribution < -0.4 is 5.32 Å². The summed E-state index contributed by atoms with van der Waals surface area (Å²) in [6.45, 7) is 3.91. The molecule has 1 amide bonds. The van der Waals surface area contributed by atoms with Crippen molar-refractivity contribution in [3.8, 4) is 11.5 Å². The van der Waals surface area contributed by atoms with E-state index in [4.69, 9.17) is 9.15 Å². The van der Waals surface area contributed by atoms with Crippen molar-refractivity contribution in [2.45, 2.75) is 24.7 Å². The Morgan fingerprint density at radius 3 is 2.57 bits per heavy atom. The summed E-state index contributed by atoms with van der Waals surface area (Å²) >= 11 is 0. The van der Waals surface area contributed by atoms with E-state index in [0.717, 1.165) is 12.8 Å². The highest BCUT2D eigenvalue weighted by Gasteiger charge is 2.28. The van der Waals surface area contributed by atoms with Gasteiger partial charge in [0.1, 0.15) is 0 Å². The molecule has 1 saturated heterocycles. The molecule has 0 bridgehead atoms. The van der Waals surface area contributed by atoms with Crippen LogP contribution in [0, 0.1) is 5.92 Å². The maximum atomic E-state index is 12.8. The van der Waals surface area contributed by atoms with Crippen molar-refractivity contribution in [3.63, 3.8) is 0 Å². The summed E-state index contributed by atoms with van der Waals surface area (Å²) in [7, 11) is -1.98. The summed E-state index contributed by atoms with van der Waals surface area (Å²) in [6, 6.07) is 6.23. The molecule has 0 saturated carbocycles. The fourth-order valence-electron chi connectivity index (χ4n) is 2.92. The summed E-state index contributed by atoms with van der Waals surface area (Å²) in [6.07, 6.45) is 1.74. The second-order valence-electron chi connectivity index (χ2n) is 6.77. The van der Waals surface area contributed by atoms with Crippen molar-refractivity contribution >= 4 is 15.9 Å². The third-order valence-electron chi connectivity index (χ3n) is 4.69. The van der Waals surface area contributed by atoms with Crippen LogP contribution in [0.3, 0.4) is 0 Å². The molecule has 1 aliphatic rings. The van der Waals surface area contributed by atoms with E-state index in [9.17, 15) is 13.2 Å². The molecule has 9 nitrogen and oxygen atoms in total. The number of carbonyl (C=O) groups excluding carboxylic acids is 1. The highest BCUT2D eigenvalue weighted by molar-refractivity contribution is 7.89. The highest BCUT2D eigenvalue weighted by atomic mass is 32.2. The number of piperidine rings is 1. The van der Waals surface area contributed by atoms with Gasteiger partial charge in [-0.15, -0.1) is 10.2 Å². The molecule has 0 atom stereocenters. The summed E-state index contributed by atoms with van der Waals surface area (Å²) in [5.41, 5.74) is 0.537. The van der Waals surface area contributed by atoms with E-state index in [-0.39, 0.29) is 16.7 Å². The minimum atomic E-state index is -3.51. The van der Waals surface area contributed by atoms with Crippen molar-refractivity contribution in [1.29, 1.82) is 0 Å². The van der Waals surface area contributed by atoms with Gasteiger partial charge in [0.25, 0.3) is 0 Å². The Balaban J connectivity index is 1.70. The van der Waals surface area contributed by atoms with Gasteiger partial charge in [-0.2, -0.15) is 4.31 Å². The predicted octanol–water partition coefficient (Wildman–Crippen LogP) is 1.53. The standard InChI is InChI=1S/C18H24N4O5S/c1-13-7-10-22(11-8-13)28(24,25)15-5-3-14(4-6-15)17-20-21-18(27-17)16(23)19-9-12-26-2/h3-6,13H,7-12H2,1-2H3,(H,19,23). The van der Waals surface area contributed by atoms with Gasteiger partial charge in [-0.3, -0.25) is 4.79 Å². The first-order valence-electron chi connectivity index (χ1n) is 9.13. The molecule has 2 aromatic rings. The minimum Gasteiger partial charge on any atom is -0.412 e. The lowest BCUT2D eigenvalue weighted by Gasteiger charge is -2.29. The van der Waals surface area contributed by atoms with Gasteiger partial charge in [0.2, 0.25) is 15.9 Å². The van der Waals surface area contributed by atoms with Crippen LogP contribution in [0.2, 0.25) is 0 Å². The van der Waals surface area contributed by atoms with E-state index in [1.807, 2.05) is 0 Å². The minimum absolute atomic E-state index is 0.146. The molecule has 0 radical (unpaired) electrons. The average molecular weight is 408 g/mol. The smallest absolute Gasteiger partial charge is 0.308 e. The number of rotatable bonds is 7. The number of aromatic nitrogens is 2. The number of benzene rings is 1. The second kappa shape index (κ2) is 8.80. The van der Waals surface area contributed by atoms with Gasteiger partial charge in [-0.25, -0.2) is 8.42 Å². The van der Waals surface area contributed by atoms with Crippen LogP contribution in [0.25, 0.3) is 11.5 Å². The summed E-state index contributed by atoms with van der Waals surface area (Å²) < 4.78 is 37.3. The number of carbonyl (C=O) groups is 1. The lowest BCUT2D eigenvalue weighted by atomic mass is 10.0. The number of nitrogens with zero attached hydrogens (tertiary/aromatic N) is 3. The van der Waals surface area contributed by atoms with Gasteiger partial charge in [0, 0.05) is 32.3 Å². The monoisotopic (exact) mass is 408 g/mol. The molecule has 1 aromatic carbocycles. The van der Waals surface area contributed by atoms with Crippen LogP contribution in [-0.2, 0) is 14.8 Å². The van der Waals surface area contributed by atoms with Crippen molar-refractivity contribution in [3.05, 3.63) is 30.2 Å². The van der Waals surface area contributed by atoms with Crippen LogP contribution in [0.5, 0.6) is 0 Å². The molecule has 0 unspecified atom stereocenters. The molecule has 0 aliphatic carbocycles. The zero-order chi connectivity index (χ0) is 20.1. The van der Waals surface area contributed by atoms with E-state index < -0.39 is 15.9 Å². The lowest BCUT2D eigenvalue weighted by molar-refractivity contribution is 0.0903. The van der Waals surface area contributed by atoms with E-state index >= 15 is 0 Å². The molecule has 28 heavy (non-hydrogen) atoms. The Kier molecular flexibility index (Phi) is 6.42. The molecule has 0 spiro atoms. The first-order valence-corrected chi connectivity index (χ1v) is 10.6. The fraction of sp³-hybridized carbons (Fsp3) is 0.500. The van der Waals surface area contributed by atoms with Gasteiger partial charge in [0.05, 0.1) is 11.5 Å². The van der Waals surface area contributed by atoms with Crippen LogP contribution in [-0.4, -0.2) is 62.2 Å². The third-order valence-corrected chi connectivity index (χ3v) is 6.61. The van der Waals surface area contributed by atoms with E-state index in [2.05, 4.69) is 22.4 Å². The van der Waals surface area contributed by atoms with Gasteiger partial charge in [-0.1, -0.05) is 6.92 Å². The molecular formula is C18H24N4O5S. The third kappa shape index (κ3) is 4.57. The number of hydrogen-bond acceptors (Lipinski definition) is 7. The maximum absolute atomic E-state index is 12.8. The van der Waals surface area contributed by atoms with Crippen LogP contribution >= 0.6 is 0 Å². The predicted molar refractivity (Wildman–Crippen MR) is 101 cm³/mol. The number of nitrogens with one attached hydrogen (secondary N) is 1. The molecule has 1 N–H and O–H groups in total. The number of amides is 1. The van der Waals surface area contributed by atoms with Crippen LogP contribution in [0.1, 0.15) is 30.5 Å². The van der Waals surface area contributed by atoms with Gasteiger partial charge >= 0.3 is 11.8 Å². The summed E-state index contributed by atoms with van der Waals surface area (Å²) in [5, 5.41) is 10.2. The quantitative estimate of drug-likeness (QED) is 0.691. The topological polar surface area (TPSA) is 115 Å². The number of sulfonamides is 1. The SMILES string of the molecule is COCCNC(=O)c1nnc(-c2ccc(S(=O)(=O)N3CCC(C)CC3)cc2)o1. The largest absolute Gasteiger partial charge is 0.412 e. The van der Waals surface area contributed by atoms with Gasteiger partial charge in [-0.05, 0) is 43.0 Å². The molecule has 1 aliphatic heterocycles. The first kappa shape index (κ1) is 20.4. The Hall–Kier alpha value is -2.30. The summed E-state index contributed by atoms with van der Waals surface area (Å²) in [5.74, 6) is 0.0412. The van der Waals surface area contributed by atoms with Crippen LogP contribution in [0.15, 0.2) is 33.6 Å². The second-order valence-corrected chi connectivity index (χ2v) is 8.71. The molecule has 1 fully saturated rings. The number of ether oxygens (including phenoxy) is 1. The molecule has 3 rings (SSSR count). The molecule has 2 heterocycles. The molecule has 10 heteroatoms. The van der Waals surface area contributed by atoms with Crippen molar-refractivity contribution in [2.24, 2.45) is 5.92 Å². The van der Waals surface area contributed by atoms with E-state index in [0.29, 0.717) is 37.7 Å². The van der Waals surface area contributed by atoms with E-state index in [1.54, 1.807) is 12.1 Å². The van der Waals surface area contributed by atoms with Crippen molar-refractivity contribution < 1.29 is 22.4 Å². The fourth-order valence-corrected chi connectivity index (χ4v) is 4.39. The number of methoxy groups -OCH3 is 1. The Bertz CT molecular complexity index is 902. The van der Waals surface area contributed by atoms with Crippen molar-refractivity contribution in [1.82, 2.24) is 19.8 Å². The van der Waals surface area contributed by atoms with Gasteiger partial charge < -0.3 is 14.5 Å². The summed E-state index contributed by atoms with van der Waals surface area (Å²) in [4.78, 5) is 12.1. The zero-order valence-electron chi connectivity index (χ0n) is 15.9. The molecule has 1 aromatic heterocycles. The number of hydrogen-bond donors (Lipinski definition) is 1. The highest BCUT2D eigenvalue weighted by Crippen LogP contribution is 2.25.